The van der Waals surface area contributed by atoms with Crippen molar-refractivity contribution < 1.29 is 4.42 Å². The second-order valence-corrected chi connectivity index (χ2v) is 9.55. The van der Waals surface area contributed by atoms with Gasteiger partial charge >= 0.3 is 0 Å². The average molecular weight is 452 g/mol. The van der Waals surface area contributed by atoms with E-state index in [1.165, 1.54) is 31.3 Å². The topological polar surface area (TPSA) is 36.9 Å². The predicted octanol–water partition coefficient (Wildman–Crippen LogP) is 9.16. The molecule has 0 spiro atoms. The van der Waals surface area contributed by atoms with E-state index in [-0.39, 0.29) is 0 Å². The molecule has 0 aliphatic carbocycles. The van der Waals surface area contributed by atoms with Crippen LogP contribution in [0.3, 0.4) is 0 Å². The standard InChI is InChI=1S/C31H17NOS/c32-18-19-11-13-28-26(15-19)27-17-21(12-14-29(27)33-28)20-5-3-6-22(16-20)23-8-4-9-25-24-7-1-2-10-30(24)34-31(23)25/h1-17H. The van der Waals surface area contributed by atoms with Crippen molar-refractivity contribution in [2.45, 2.75) is 0 Å². The lowest BCUT2D eigenvalue weighted by atomic mass is 9.97. The molecule has 0 fully saturated rings. The van der Waals surface area contributed by atoms with Crippen LogP contribution in [-0.2, 0) is 0 Å². The zero-order chi connectivity index (χ0) is 22.6. The molecule has 7 aromatic rings. The highest BCUT2D eigenvalue weighted by Gasteiger charge is 2.12. The van der Waals surface area contributed by atoms with Crippen molar-refractivity contribution in [1.29, 1.82) is 5.26 Å². The van der Waals surface area contributed by atoms with Gasteiger partial charge in [-0.2, -0.15) is 5.26 Å². The smallest absolute Gasteiger partial charge is 0.135 e. The van der Waals surface area contributed by atoms with Crippen LogP contribution in [0.25, 0.3) is 64.4 Å². The van der Waals surface area contributed by atoms with Gasteiger partial charge in [0.2, 0.25) is 0 Å². The maximum absolute atomic E-state index is 9.32. The van der Waals surface area contributed by atoms with Crippen molar-refractivity contribution >= 4 is 53.4 Å². The van der Waals surface area contributed by atoms with E-state index in [4.69, 9.17) is 4.42 Å². The highest BCUT2D eigenvalue weighted by Crippen LogP contribution is 2.41. The van der Waals surface area contributed by atoms with Crippen LogP contribution < -0.4 is 0 Å². The molecule has 0 radical (unpaired) electrons. The van der Waals surface area contributed by atoms with Crippen molar-refractivity contribution in [2.24, 2.45) is 0 Å². The van der Waals surface area contributed by atoms with Crippen molar-refractivity contribution in [3.63, 3.8) is 0 Å². The molecule has 0 aliphatic heterocycles. The normalized spacial score (nSPS) is 11.5. The Bertz CT molecular complexity index is 1930. The van der Waals surface area contributed by atoms with Crippen LogP contribution in [0.4, 0.5) is 0 Å². The number of furan rings is 1. The summed E-state index contributed by atoms with van der Waals surface area (Å²) in [5.41, 5.74) is 7.02. The molecule has 0 amide bonds. The highest BCUT2D eigenvalue weighted by atomic mass is 32.1. The Kier molecular flexibility index (Phi) is 4.11. The second kappa shape index (κ2) is 7.31. The number of thiophene rings is 1. The SMILES string of the molecule is N#Cc1ccc2oc3ccc(-c4cccc(-c5cccc6c5sc5ccccc56)c4)cc3c2c1. The Morgan fingerprint density at radius 3 is 2.24 bits per heavy atom. The van der Waals surface area contributed by atoms with E-state index < -0.39 is 0 Å². The van der Waals surface area contributed by atoms with E-state index in [1.807, 2.05) is 29.5 Å². The van der Waals surface area contributed by atoms with E-state index in [9.17, 15) is 5.26 Å². The number of fused-ring (bicyclic) bond motifs is 6. The summed E-state index contributed by atoms with van der Waals surface area (Å²) in [7, 11) is 0. The molecule has 0 unspecified atom stereocenters. The Morgan fingerprint density at radius 1 is 0.588 bits per heavy atom. The maximum Gasteiger partial charge on any atom is 0.135 e. The van der Waals surface area contributed by atoms with Gasteiger partial charge in [-0.15, -0.1) is 11.3 Å². The van der Waals surface area contributed by atoms with Crippen LogP contribution in [0, 0.1) is 11.3 Å². The van der Waals surface area contributed by atoms with Gasteiger partial charge in [0.1, 0.15) is 11.2 Å². The summed E-state index contributed by atoms with van der Waals surface area (Å²) in [6.45, 7) is 0. The third-order valence-corrected chi connectivity index (χ3v) is 7.73. The van der Waals surface area contributed by atoms with Gasteiger partial charge in [-0.1, -0.05) is 60.7 Å². The van der Waals surface area contributed by atoms with Crippen LogP contribution in [0.15, 0.2) is 108 Å². The quantitative estimate of drug-likeness (QED) is 0.263. The zero-order valence-electron chi connectivity index (χ0n) is 18.1. The number of hydrogen-bond acceptors (Lipinski definition) is 3. The molecular weight excluding hydrogens is 434 g/mol. The molecule has 34 heavy (non-hydrogen) atoms. The molecular formula is C31H17NOS. The molecule has 2 nitrogen and oxygen atoms in total. The molecule has 2 heterocycles. The second-order valence-electron chi connectivity index (χ2n) is 8.50. The summed E-state index contributed by atoms with van der Waals surface area (Å²) in [5.74, 6) is 0. The summed E-state index contributed by atoms with van der Waals surface area (Å²) in [5, 5.41) is 13.9. The highest BCUT2D eigenvalue weighted by molar-refractivity contribution is 7.26. The molecule has 0 bridgehead atoms. The first-order valence-electron chi connectivity index (χ1n) is 11.2. The first-order valence-corrected chi connectivity index (χ1v) is 12.0. The van der Waals surface area contributed by atoms with Crippen LogP contribution >= 0.6 is 11.3 Å². The minimum Gasteiger partial charge on any atom is -0.456 e. The lowest BCUT2D eigenvalue weighted by Gasteiger charge is -2.08. The molecule has 0 atom stereocenters. The fourth-order valence-electron chi connectivity index (χ4n) is 4.87. The largest absolute Gasteiger partial charge is 0.456 e. The Balaban J connectivity index is 1.40. The molecule has 2 aromatic heterocycles. The summed E-state index contributed by atoms with van der Waals surface area (Å²) in [6, 6.07) is 38.0. The summed E-state index contributed by atoms with van der Waals surface area (Å²) < 4.78 is 8.64. The van der Waals surface area contributed by atoms with Crippen LogP contribution in [-0.4, -0.2) is 0 Å². The Morgan fingerprint density at radius 2 is 1.32 bits per heavy atom. The van der Waals surface area contributed by atoms with Crippen LogP contribution in [0.1, 0.15) is 5.56 Å². The maximum atomic E-state index is 9.32. The van der Waals surface area contributed by atoms with Gasteiger partial charge in [0.05, 0.1) is 11.6 Å². The van der Waals surface area contributed by atoms with Gasteiger partial charge in [-0.25, -0.2) is 0 Å². The fraction of sp³-hybridized carbons (Fsp3) is 0. The third-order valence-electron chi connectivity index (χ3n) is 6.51. The number of benzene rings is 5. The van der Waals surface area contributed by atoms with E-state index in [2.05, 4.69) is 84.9 Å². The fourth-order valence-corrected chi connectivity index (χ4v) is 6.11. The Hall–Kier alpha value is -4.39. The molecule has 0 saturated carbocycles. The molecule has 0 N–H and O–H groups in total. The molecule has 158 valence electrons. The number of nitrogens with zero attached hydrogens (tertiary/aromatic N) is 1. The Labute approximate surface area is 199 Å². The molecule has 7 rings (SSSR count). The number of hydrogen-bond donors (Lipinski definition) is 0. The summed E-state index contributed by atoms with van der Waals surface area (Å²) in [4.78, 5) is 0. The third kappa shape index (κ3) is 2.86. The van der Waals surface area contributed by atoms with E-state index in [0.29, 0.717) is 5.56 Å². The molecule has 3 heteroatoms. The van der Waals surface area contributed by atoms with Crippen molar-refractivity contribution in [1.82, 2.24) is 0 Å². The van der Waals surface area contributed by atoms with Crippen LogP contribution in [0.5, 0.6) is 0 Å². The monoisotopic (exact) mass is 451 g/mol. The molecule has 0 saturated heterocycles. The van der Waals surface area contributed by atoms with E-state index in [0.717, 1.165) is 33.1 Å². The van der Waals surface area contributed by atoms with Gasteiger partial charge in [0.15, 0.2) is 0 Å². The van der Waals surface area contributed by atoms with Crippen molar-refractivity contribution in [3.8, 4) is 28.3 Å². The van der Waals surface area contributed by atoms with Crippen molar-refractivity contribution in [3.05, 3.63) is 109 Å². The average Bonchev–Trinajstić information content (AvgIpc) is 3.46. The molecule has 5 aromatic carbocycles. The van der Waals surface area contributed by atoms with Crippen molar-refractivity contribution in [2.75, 3.05) is 0 Å². The first kappa shape index (κ1) is 19.1. The summed E-state index contributed by atoms with van der Waals surface area (Å²) >= 11 is 1.85. The lowest BCUT2D eigenvalue weighted by molar-refractivity contribution is 0.669. The van der Waals surface area contributed by atoms with Gasteiger partial charge in [0.25, 0.3) is 0 Å². The zero-order valence-corrected chi connectivity index (χ0v) is 18.9. The summed E-state index contributed by atoms with van der Waals surface area (Å²) in [6.07, 6.45) is 0. The minimum absolute atomic E-state index is 0.638. The van der Waals surface area contributed by atoms with E-state index >= 15 is 0 Å². The van der Waals surface area contributed by atoms with Gasteiger partial charge < -0.3 is 4.42 Å². The van der Waals surface area contributed by atoms with Crippen LogP contribution in [0.2, 0.25) is 0 Å². The first-order chi connectivity index (χ1) is 16.8. The van der Waals surface area contributed by atoms with Gasteiger partial charge in [0, 0.05) is 30.9 Å². The number of nitriles is 1. The van der Waals surface area contributed by atoms with E-state index in [1.54, 1.807) is 6.07 Å². The predicted molar refractivity (Wildman–Crippen MR) is 142 cm³/mol. The van der Waals surface area contributed by atoms with Gasteiger partial charge in [-0.3, -0.25) is 0 Å². The lowest BCUT2D eigenvalue weighted by Crippen LogP contribution is -1.82. The molecule has 0 aliphatic rings. The number of rotatable bonds is 2. The minimum atomic E-state index is 0.638. The van der Waals surface area contributed by atoms with Gasteiger partial charge in [-0.05, 0) is 64.7 Å².